The highest BCUT2D eigenvalue weighted by Gasteiger charge is 2.39. The molecule has 4 nitrogen and oxygen atoms in total. The lowest BCUT2D eigenvalue weighted by molar-refractivity contribution is -0.118. The van der Waals surface area contributed by atoms with E-state index in [1.165, 1.54) is 25.7 Å². The molecule has 5 rings (SSSR count). The Morgan fingerprint density at radius 1 is 1.00 bits per heavy atom. The summed E-state index contributed by atoms with van der Waals surface area (Å²) in [6.45, 7) is 2.25. The van der Waals surface area contributed by atoms with E-state index in [1.54, 1.807) is 0 Å². The molecule has 1 N–H and O–H groups in total. The highest BCUT2D eigenvalue weighted by atomic mass is 35.5. The number of amides is 1. The van der Waals surface area contributed by atoms with Gasteiger partial charge in [-0.2, -0.15) is 0 Å². The second-order valence-electron chi connectivity index (χ2n) is 8.24. The third-order valence-corrected chi connectivity index (χ3v) is 6.98. The molecule has 1 aromatic carbocycles. The van der Waals surface area contributed by atoms with E-state index in [0.29, 0.717) is 12.5 Å². The van der Waals surface area contributed by atoms with Crippen LogP contribution in [0.2, 0.25) is 5.02 Å². The summed E-state index contributed by atoms with van der Waals surface area (Å²) in [5.74, 6) is 0.246. The van der Waals surface area contributed by atoms with E-state index in [2.05, 4.69) is 15.1 Å². The molecule has 0 aromatic heterocycles. The van der Waals surface area contributed by atoms with Gasteiger partial charge in [0.25, 0.3) is 0 Å². The minimum atomic E-state index is 0.246. The van der Waals surface area contributed by atoms with Crippen LogP contribution in [0.5, 0.6) is 0 Å². The van der Waals surface area contributed by atoms with Crippen LogP contribution in [-0.2, 0) is 11.2 Å². The number of nitrogens with zero attached hydrogens (tertiary/aromatic N) is 2. The van der Waals surface area contributed by atoms with E-state index in [9.17, 15) is 4.79 Å². The second kappa shape index (κ2) is 6.26. The first-order chi connectivity index (χ1) is 12.2. The van der Waals surface area contributed by atoms with Crippen molar-refractivity contribution in [2.24, 2.45) is 0 Å². The van der Waals surface area contributed by atoms with Crippen LogP contribution in [0, 0.1) is 0 Å². The maximum atomic E-state index is 12.6. The molecule has 0 saturated carbocycles. The van der Waals surface area contributed by atoms with Crippen molar-refractivity contribution in [3.63, 3.8) is 0 Å². The van der Waals surface area contributed by atoms with Gasteiger partial charge < -0.3 is 15.1 Å². The summed E-state index contributed by atoms with van der Waals surface area (Å²) in [7, 11) is 0. The van der Waals surface area contributed by atoms with Crippen molar-refractivity contribution in [1.29, 1.82) is 0 Å². The van der Waals surface area contributed by atoms with E-state index in [0.717, 1.165) is 60.3 Å². The van der Waals surface area contributed by atoms with Crippen LogP contribution in [-0.4, -0.2) is 48.1 Å². The van der Waals surface area contributed by atoms with Gasteiger partial charge in [0, 0.05) is 48.0 Å². The molecule has 0 radical (unpaired) electrons. The Labute approximate surface area is 154 Å². The fourth-order valence-corrected chi connectivity index (χ4v) is 5.74. The standard InChI is InChI=1S/C20H26ClN3O/c21-14-1-4-19-13(9-14)10-20(25)24(19)17-5-7-23(8-6-17)18-11-15-2-3-16(12-18)22-15/h1,4,9,15-18,22H,2-3,5-8,10-12H2/t15-,16?,18?/m1/s1. The lowest BCUT2D eigenvalue weighted by Gasteiger charge is -2.43. The first-order valence-electron chi connectivity index (χ1n) is 9.78. The molecule has 3 fully saturated rings. The zero-order valence-electron chi connectivity index (χ0n) is 14.6. The fourth-order valence-electron chi connectivity index (χ4n) is 5.55. The van der Waals surface area contributed by atoms with Crippen LogP contribution in [0.15, 0.2) is 18.2 Å². The van der Waals surface area contributed by atoms with Gasteiger partial charge in [-0.25, -0.2) is 0 Å². The molecule has 25 heavy (non-hydrogen) atoms. The average Bonchev–Trinajstić information content (AvgIpc) is 3.12. The Hall–Kier alpha value is -1.10. The number of hydrogen-bond donors (Lipinski definition) is 1. The maximum Gasteiger partial charge on any atom is 0.231 e. The van der Waals surface area contributed by atoms with Crippen LogP contribution in [0.25, 0.3) is 0 Å². The Balaban J connectivity index is 1.26. The Morgan fingerprint density at radius 3 is 2.44 bits per heavy atom. The van der Waals surface area contributed by atoms with Gasteiger partial charge in [0.1, 0.15) is 0 Å². The quantitative estimate of drug-likeness (QED) is 0.881. The molecule has 0 aliphatic carbocycles. The van der Waals surface area contributed by atoms with Crippen molar-refractivity contribution in [2.75, 3.05) is 18.0 Å². The molecular weight excluding hydrogens is 334 g/mol. The van der Waals surface area contributed by atoms with E-state index in [4.69, 9.17) is 11.6 Å². The molecule has 3 saturated heterocycles. The Bertz CT molecular complexity index is 674. The molecule has 2 bridgehead atoms. The maximum absolute atomic E-state index is 12.6. The molecule has 4 aliphatic heterocycles. The van der Waals surface area contributed by atoms with Crippen molar-refractivity contribution in [3.8, 4) is 0 Å². The molecule has 2 unspecified atom stereocenters. The number of fused-ring (bicyclic) bond motifs is 3. The lowest BCUT2D eigenvalue weighted by atomic mass is 9.94. The van der Waals surface area contributed by atoms with Crippen LogP contribution in [0.4, 0.5) is 5.69 Å². The Kier molecular flexibility index (Phi) is 4.03. The summed E-state index contributed by atoms with van der Waals surface area (Å²) < 4.78 is 0. The average molecular weight is 360 g/mol. The summed E-state index contributed by atoms with van der Waals surface area (Å²) in [5, 5.41) is 4.47. The van der Waals surface area contributed by atoms with Crippen molar-refractivity contribution < 1.29 is 4.79 Å². The van der Waals surface area contributed by atoms with Gasteiger partial charge in [0.05, 0.1) is 6.42 Å². The number of anilines is 1. The molecular formula is C20H26ClN3O. The monoisotopic (exact) mass is 359 g/mol. The number of rotatable bonds is 2. The van der Waals surface area contributed by atoms with Crippen LogP contribution < -0.4 is 10.2 Å². The van der Waals surface area contributed by atoms with Crippen LogP contribution in [0.3, 0.4) is 0 Å². The third-order valence-electron chi connectivity index (χ3n) is 6.74. The number of nitrogens with one attached hydrogen (secondary N) is 1. The first-order valence-corrected chi connectivity index (χ1v) is 10.2. The highest BCUT2D eigenvalue weighted by Crippen LogP contribution is 2.36. The number of carbonyl (C=O) groups excluding carboxylic acids is 1. The van der Waals surface area contributed by atoms with E-state index >= 15 is 0 Å². The summed E-state index contributed by atoms with van der Waals surface area (Å²) in [5.41, 5.74) is 2.18. The molecule has 1 amide bonds. The van der Waals surface area contributed by atoms with E-state index in [1.807, 2.05) is 18.2 Å². The van der Waals surface area contributed by atoms with Gasteiger partial charge in [-0.1, -0.05) is 11.6 Å². The van der Waals surface area contributed by atoms with Gasteiger partial charge >= 0.3 is 0 Å². The minimum Gasteiger partial charge on any atom is -0.311 e. The van der Waals surface area contributed by atoms with E-state index < -0.39 is 0 Å². The van der Waals surface area contributed by atoms with E-state index in [-0.39, 0.29) is 5.91 Å². The zero-order valence-corrected chi connectivity index (χ0v) is 15.3. The van der Waals surface area contributed by atoms with Crippen LogP contribution >= 0.6 is 11.6 Å². The largest absolute Gasteiger partial charge is 0.311 e. The Morgan fingerprint density at radius 2 is 1.72 bits per heavy atom. The summed E-state index contributed by atoms with van der Waals surface area (Å²) in [4.78, 5) is 17.3. The minimum absolute atomic E-state index is 0.246. The third kappa shape index (κ3) is 2.88. The molecule has 0 spiro atoms. The molecule has 5 heteroatoms. The molecule has 134 valence electrons. The zero-order chi connectivity index (χ0) is 17.0. The summed E-state index contributed by atoms with van der Waals surface area (Å²) in [6.07, 6.45) is 8.03. The number of halogens is 1. The summed E-state index contributed by atoms with van der Waals surface area (Å²) >= 11 is 6.10. The number of likely N-dealkylation sites (tertiary alicyclic amines) is 1. The van der Waals surface area contributed by atoms with Gasteiger partial charge in [-0.05, 0) is 62.3 Å². The number of carbonyl (C=O) groups is 1. The number of hydrogen-bond acceptors (Lipinski definition) is 3. The van der Waals surface area contributed by atoms with Gasteiger partial charge in [0.15, 0.2) is 0 Å². The normalized spacial score (nSPS) is 33.1. The molecule has 4 aliphatic rings. The second-order valence-corrected chi connectivity index (χ2v) is 8.68. The van der Waals surface area contributed by atoms with Crippen molar-refractivity contribution in [2.45, 2.75) is 69.1 Å². The fraction of sp³-hybridized carbons (Fsp3) is 0.650. The SMILES string of the molecule is O=C1Cc2cc(Cl)ccc2N1C1CCN(C2CC3CC[C@H](C2)N3)CC1. The smallest absolute Gasteiger partial charge is 0.231 e. The number of piperidine rings is 2. The number of benzene rings is 1. The van der Waals surface area contributed by atoms with Gasteiger partial charge in [-0.3, -0.25) is 4.79 Å². The topological polar surface area (TPSA) is 35.6 Å². The van der Waals surface area contributed by atoms with Crippen molar-refractivity contribution in [3.05, 3.63) is 28.8 Å². The first kappa shape index (κ1) is 16.1. The predicted octanol–water partition coefficient (Wildman–Crippen LogP) is 2.98. The summed E-state index contributed by atoms with van der Waals surface area (Å²) in [6, 6.07) is 8.49. The van der Waals surface area contributed by atoms with Gasteiger partial charge in [0.2, 0.25) is 5.91 Å². The van der Waals surface area contributed by atoms with Gasteiger partial charge in [-0.15, -0.1) is 0 Å². The highest BCUT2D eigenvalue weighted by molar-refractivity contribution is 6.30. The van der Waals surface area contributed by atoms with Crippen molar-refractivity contribution >= 4 is 23.2 Å². The molecule has 4 heterocycles. The molecule has 1 aromatic rings. The molecule has 3 atom stereocenters. The lowest BCUT2D eigenvalue weighted by Crippen LogP contribution is -2.53. The predicted molar refractivity (Wildman–Crippen MR) is 100 cm³/mol. The van der Waals surface area contributed by atoms with Crippen LogP contribution in [0.1, 0.15) is 44.1 Å². The van der Waals surface area contributed by atoms with Crippen molar-refractivity contribution in [1.82, 2.24) is 10.2 Å².